The van der Waals surface area contributed by atoms with Crippen molar-refractivity contribution in [2.45, 2.75) is 6.18 Å². The van der Waals surface area contributed by atoms with E-state index < -0.39 is 17.8 Å². The SMILES string of the molecule is Cn1nc(C(=O)n2cccn2)cc1C(F)(F)F. The highest BCUT2D eigenvalue weighted by Gasteiger charge is 2.35. The number of carbonyl (C=O) groups is 1. The second-order valence-electron chi connectivity index (χ2n) is 3.29. The molecular weight excluding hydrogens is 237 g/mol. The summed E-state index contributed by atoms with van der Waals surface area (Å²) in [5, 5.41) is 7.15. The van der Waals surface area contributed by atoms with Gasteiger partial charge in [-0.1, -0.05) is 0 Å². The molecule has 8 heteroatoms. The van der Waals surface area contributed by atoms with Crippen molar-refractivity contribution < 1.29 is 18.0 Å². The van der Waals surface area contributed by atoms with E-state index in [4.69, 9.17) is 0 Å². The van der Waals surface area contributed by atoms with E-state index in [-0.39, 0.29) is 5.69 Å². The van der Waals surface area contributed by atoms with Gasteiger partial charge in [-0.05, 0) is 6.07 Å². The number of halogens is 3. The van der Waals surface area contributed by atoms with E-state index in [1.165, 1.54) is 18.5 Å². The molecule has 0 amide bonds. The number of aryl methyl sites for hydroxylation is 1. The van der Waals surface area contributed by atoms with E-state index in [0.717, 1.165) is 11.7 Å². The van der Waals surface area contributed by atoms with Crippen LogP contribution in [0.4, 0.5) is 13.2 Å². The lowest BCUT2D eigenvalue weighted by molar-refractivity contribution is -0.143. The van der Waals surface area contributed by atoms with Crippen molar-refractivity contribution in [2.75, 3.05) is 0 Å². The van der Waals surface area contributed by atoms with Gasteiger partial charge in [0.25, 0.3) is 5.91 Å². The molecule has 5 nitrogen and oxygen atoms in total. The Balaban J connectivity index is 2.39. The summed E-state index contributed by atoms with van der Waals surface area (Å²) in [6.45, 7) is 0. The highest BCUT2D eigenvalue weighted by Crippen LogP contribution is 2.29. The average Bonchev–Trinajstić information content (AvgIpc) is 2.83. The number of hydrogen-bond acceptors (Lipinski definition) is 3. The Bertz CT molecular complexity index is 541. The van der Waals surface area contributed by atoms with Crippen molar-refractivity contribution >= 4 is 5.91 Å². The number of carbonyl (C=O) groups excluding carboxylic acids is 1. The molecule has 0 bridgehead atoms. The van der Waals surface area contributed by atoms with Crippen LogP contribution in [0.3, 0.4) is 0 Å². The molecule has 0 aromatic carbocycles. The van der Waals surface area contributed by atoms with Crippen LogP contribution < -0.4 is 0 Å². The van der Waals surface area contributed by atoms with Gasteiger partial charge in [0.05, 0.1) is 0 Å². The number of rotatable bonds is 1. The molecule has 2 rings (SSSR count). The molecule has 2 aromatic heterocycles. The third kappa shape index (κ3) is 2.05. The van der Waals surface area contributed by atoms with Gasteiger partial charge >= 0.3 is 6.18 Å². The first-order valence-corrected chi connectivity index (χ1v) is 4.55. The van der Waals surface area contributed by atoms with E-state index in [2.05, 4.69) is 10.2 Å². The lowest BCUT2D eigenvalue weighted by atomic mass is 10.3. The molecule has 17 heavy (non-hydrogen) atoms. The number of hydrogen-bond donors (Lipinski definition) is 0. The first kappa shape index (κ1) is 11.4. The first-order valence-electron chi connectivity index (χ1n) is 4.55. The standard InChI is InChI=1S/C9H7F3N4O/c1-15-7(9(10,11)12)5-6(14-15)8(17)16-4-2-3-13-16/h2-5H,1H3. The topological polar surface area (TPSA) is 52.7 Å². The predicted molar refractivity (Wildman–Crippen MR) is 50.2 cm³/mol. The van der Waals surface area contributed by atoms with Gasteiger partial charge < -0.3 is 0 Å². The Kier molecular flexibility index (Phi) is 2.49. The number of aromatic nitrogens is 4. The summed E-state index contributed by atoms with van der Waals surface area (Å²) in [6.07, 6.45) is -1.85. The lowest BCUT2D eigenvalue weighted by Gasteiger charge is -2.04. The van der Waals surface area contributed by atoms with Crippen LogP contribution in [0.25, 0.3) is 0 Å². The fourth-order valence-electron chi connectivity index (χ4n) is 1.34. The van der Waals surface area contributed by atoms with Crippen LogP contribution in [0.1, 0.15) is 16.2 Å². The fourth-order valence-corrected chi connectivity index (χ4v) is 1.34. The molecule has 0 spiro atoms. The summed E-state index contributed by atoms with van der Waals surface area (Å²) in [7, 11) is 1.13. The van der Waals surface area contributed by atoms with Gasteiger partial charge in [0.1, 0.15) is 5.69 Å². The molecule has 90 valence electrons. The zero-order valence-corrected chi connectivity index (χ0v) is 8.64. The Morgan fingerprint density at radius 3 is 2.59 bits per heavy atom. The molecule has 0 N–H and O–H groups in total. The zero-order valence-electron chi connectivity index (χ0n) is 8.64. The molecule has 0 fully saturated rings. The summed E-state index contributed by atoms with van der Waals surface area (Å²) in [5.41, 5.74) is -1.28. The van der Waals surface area contributed by atoms with E-state index >= 15 is 0 Å². The summed E-state index contributed by atoms with van der Waals surface area (Å²) in [5.74, 6) is -0.707. The molecule has 0 saturated carbocycles. The van der Waals surface area contributed by atoms with Crippen molar-refractivity contribution in [3.05, 3.63) is 35.9 Å². The highest BCUT2D eigenvalue weighted by molar-refractivity contribution is 5.93. The van der Waals surface area contributed by atoms with Gasteiger partial charge in [-0.25, -0.2) is 4.68 Å². The van der Waals surface area contributed by atoms with Gasteiger partial charge in [0.2, 0.25) is 0 Å². The maximum Gasteiger partial charge on any atom is 0.433 e. The molecule has 2 heterocycles. The first-order chi connectivity index (χ1) is 7.89. The lowest BCUT2D eigenvalue weighted by Crippen LogP contribution is -2.13. The van der Waals surface area contributed by atoms with Crippen molar-refractivity contribution in [3.63, 3.8) is 0 Å². The molecule has 2 aromatic rings. The molecule has 0 aliphatic carbocycles. The third-order valence-electron chi connectivity index (χ3n) is 2.10. The maximum atomic E-state index is 12.5. The van der Waals surface area contributed by atoms with Crippen LogP contribution in [0.15, 0.2) is 24.5 Å². The van der Waals surface area contributed by atoms with Crippen LogP contribution in [-0.2, 0) is 13.2 Å². The molecule has 0 aliphatic heterocycles. The van der Waals surface area contributed by atoms with Gasteiger partial charge in [0.15, 0.2) is 5.69 Å². The largest absolute Gasteiger partial charge is 0.433 e. The summed E-state index contributed by atoms with van der Waals surface area (Å²) in [4.78, 5) is 11.7. The maximum absolute atomic E-state index is 12.5. The molecule has 0 atom stereocenters. The second kappa shape index (κ2) is 3.72. The Morgan fingerprint density at radius 2 is 2.12 bits per heavy atom. The minimum absolute atomic E-state index is 0.302. The van der Waals surface area contributed by atoms with Crippen LogP contribution in [-0.4, -0.2) is 25.5 Å². The third-order valence-corrected chi connectivity index (χ3v) is 2.10. The minimum Gasteiger partial charge on any atom is -0.265 e. The average molecular weight is 244 g/mol. The van der Waals surface area contributed by atoms with Crippen LogP contribution in [0.5, 0.6) is 0 Å². The van der Waals surface area contributed by atoms with E-state index in [1.54, 1.807) is 0 Å². The van der Waals surface area contributed by atoms with E-state index in [1.807, 2.05) is 0 Å². The van der Waals surface area contributed by atoms with Gasteiger partial charge in [-0.2, -0.15) is 23.4 Å². The smallest absolute Gasteiger partial charge is 0.265 e. The fraction of sp³-hybridized carbons (Fsp3) is 0.222. The Hall–Kier alpha value is -2.12. The molecular formula is C9H7F3N4O. The molecule has 0 aliphatic rings. The van der Waals surface area contributed by atoms with Crippen molar-refractivity contribution in [3.8, 4) is 0 Å². The molecule has 0 saturated heterocycles. The van der Waals surface area contributed by atoms with Crippen molar-refractivity contribution in [1.82, 2.24) is 19.6 Å². The quantitative estimate of drug-likeness (QED) is 0.760. The summed E-state index contributed by atoms with van der Waals surface area (Å²) < 4.78 is 39.0. The Morgan fingerprint density at radius 1 is 1.41 bits per heavy atom. The van der Waals surface area contributed by atoms with Gasteiger partial charge in [-0.3, -0.25) is 9.48 Å². The highest BCUT2D eigenvalue weighted by atomic mass is 19.4. The van der Waals surface area contributed by atoms with Crippen LogP contribution in [0, 0.1) is 0 Å². The number of nitrogens with zero attached hydrogens (tertiary/aromatic N) is 4. The van der Waals surface area contributed by atoms with E-state index in [9.17, 15) is 18.0 Å². The van der Waals surface area contributed by atoms with Crippen LogP contribution >= 0.6 is 0 Å². The number of alkyl halides is 3. The minimum atomic E-state index is -4.54. The van der Waals surface area contributed by atoms with Crippen LogP contribution in [0.2, 0.25) is 0 Å². The van der Waals surface area contributed by atoms with E-state index in [0.29, 0.717) is 10.7 Å². The second-order valence-corrected chi connectivity index (χ2v) is 3.29. The van der Waals surface area contributed by atoms with Gasteiger partial charge in [0, 0.05) is 25.5 Å². The molecule has 0 unspecified atom stereocenters. The van der Waals surface area contributed by atoms with Crippen molar-refractivity contribution in [2.24, 2.45) is 7.05 Å². The summed E-state index contributed by atoms with van der Waals surface area (Å²) in [6, 6.07) is 2.19. The zero-order chi connectivity index (χ0) is 12.6. The monoisotopic (exact) mass is 244 g/mol. The normalized spacial score (nSPS) is 11.8. The van der Waals surface area contributed by atoms with Crippen molar-refractivity contribution in [1.29, 1.82) is 0 Å². The summed E-state index contributed by atoms with van der Waals surface area (Å²) >= 11 is 0. The Labute approximate surface area is 93.5 Å². The molecule has 0 radical (unpaired) electrons. The van der Waals surface area contributed by atoms with Gasteiger partial charge in [-0.15, -0.1) is 0 Å². The predicted octanol–water partition coefficient (Wildman–Crippen LogP) is 1.32.